The highest BCUT2D eigenvalue weighted by Gasteiger charge is 2.25. The molecule has 0 saturated carbocycles. The summed E-state index contributed by atoms with van der Waals surface area (Å²) in [5.74, 6) is 2.10. The molecular formula is C20H29ClIN5OS. The molecule has 3 rings (SSSR count). The van der Waals surface area contributed by atoms with Crippen molar-refractivity contribution in [2.24, 2.45) is 4.99 Å². The van der Waals surface area contributed by atoms with Crippen LogP contribution in [-0.2, 0) is 6.54 Å². The van der Waals surface area contributed by atoms with Gasteiger partial charge in [-0.2, -0.15) is 0 Å². The minimum Gasteiger partial charge on any atom is -0.495 e. The number of hydrogen-bond donors (Lipinski definition) is 2. The van der Waals surface area contributed by atoms with Gasteiger partial charge < -0.3 is 20.3 Å². The predicted molar refractivity (Wildman–Crippen MR) is 134 cm³/mol. The predicted octanol–water partition coefficient (Wildman–Crippen LogP) is 4.49. The van der Waals surface area contributed by atoms with Crippen molar-refractivity contribution in [1.29, 1.82) is 0 Å². The summed E-state index contributed by atoms with van der Waals surface area (Å²) in [6.45, 7) is 6.80. The normalized spacial score (nSPS) is 16.7. The number of nitrogens with zero attached hydrogens (tertiary/aromatic N) is 3. The van der Waals surface area contributed by atoms with Crippen LogP contribution in [0.25, 0.3) is 0 Å². The molecule has 29 heavy (non-hydrogen) atoms. The number of thiazole rings is 1. The van der Waals surface area contributed by atoms with Gasteiger partial charge in [0.1, 0.15) is 5.75 Å². The van der Waals surface area contributed by atoms with Crippen molar-refractivity contribution in [1.82, 2.24) is 15.6 Å². The maximum Gasteiger partial charge on any atom is 0.191 e. The van der Waals surface area contributed by atoms with Crippen LogP contribution in [0.4, 0.5) is 5.69 Å². The Bertz CT molecular complexity index is 829. The Labute approximate surface area is 199 Å². The first-order chi connectivity index (χ1) is 13.5. The van der Waals surface area contributed by atoms with Crippen molar-refractivity contribution in [3.05, 3.63) is 39.3 Å². The Morgan fingerprint density at radius 3 is 2.90 bits per heavy atom. The van der Waals surface area contributed by atoms with Gasteiger partial charge in [0.05, 0.1) is 30.0 Å². The van der Waals surface area contributed by atoms with E-state index in [1.165, 1.54) is 5.01 Å². The zero-order valence-corrected chi connectivity index (χ0v) is 21.1. The highest BCUT2D eigenvalue weighted by atomic mass is 127. The molecule has 2 heterocycles. The first kappa shape index (κ1) is 24.0. The molecular weight excluding hydrogens is 521 g/mol. The summed E-state index contributed by atoms with van der Waals surface area (Å²) in [6, 6.07) is 6.03. The van der Waals surface area contributed by atoms with Gasteiger partial charge in [0, 0.05) is 42.5 Å². The summed E-state index contributed by atoms with van der Waals surface area (Å²) in [5, 5.41) is 10.9. The van der Waals surface area contributed by atoms with Gasteiger partial charge in [-0.25, -0.2) is 4.98 Å². The molecule has 0 radical (unpaired) electrons. The van der Waals surface area contributed by atoms with Crippen LogP contribution in [0.5, 0.6) is 5.75 Å². The number of hydrogen-bond acceptors (Lipinski definition) is 5. The highest BCUT2D eigenvalue weighted by Crippen LogP contribution is 2.33. The highest BCUT2D eigenvalue weighted by molar-refractivity contribution is 14.0. The largest absolute Gasteiger partial charge is 0.495 e. The molecule has 1 saturated heterocycles. The first-order valence-corrected chi connectivity index (χ1v) is 10.8. The summed E-state index contributed by atoms with van der Waals surface area (Å²) in [6.07, 6.45) is 1.02. The number of ether oxygens (including phenoxy) is 1. The van der Waals surface area contributed by atoms with Crippen LogP contribution in [0, 0.1) is 0 Å². The standard InChI is InChI=1S/C20H28ClN5OS.HI/c1-13(2)19-24-16(12-28-19)10-23-20(22-3)25-15-7-8-26(11-15)17-9-14(21)5-6-18(17)27-4;/h5-6,9,12-13,15H,7-8,10-11H2,1-4H3,(H2,22,23,25);1H. The molecule has 1 aromatic carbocycles. The second-order valence-corrected chi connectivity index (χ2v) is 8.48. The Morgan fingerprint density at radius 1 is 1.45 bits per heavy atom. The number of anilines is 1. The molecule has 2 aromatic rings. The van der Waals surface area contributed by atoms with Crippen molar-refractivity contribution in [3.63, 3.8) is 0 Å². The number of aliphatic imine (C=N–C) groups is 1. The van der Waals surface area contributed by atoms with E-state index in [1.807, 2.05) is 18.2 Å². The zero-order valence-electron chi connectivity index (χ0n) is 17.2. The third-order valence-corrected chi connectivity index (χ3v) is 6.16. The summed E-state index contributed by atoms with van der Waals surface area (Å²) in [5.41, 5.74) is 2.08. The number of rotatable bonds is 6. The van der Waals surface area contributed by atoms with Crippen LogP contribution in [0.2, 0.25) is 5.02 Å². The average Bonchev–Trinajstić information content (AvgIpc) is 3.34. The molecule has 2 N–H and O–H groups in total. The lowest BCUT2D eigenvalue weighted by molar-refractivity contribution is 0.415. The zero-order chi connectivity index (χ0) is 20.1. The van der Waals surface area contributed by atoms with Gasteiger partial charge in [-0.1, -0.05) is 25.4 Å². The Hall–Kier alpha value is -1.26. The van der Waals surface area contributed by atoms with Gasteiger partial charge >= 0.3 is 0 Å². The van der Waals surface area contributed by atoms with E-state index in [-0.39, 0.29) is 24.0 Å². The first-order valence-electron chi connectivity index (χ1n) is 9.50. The minimum atomic E-state index is 0. The molecule has 0 bridgehead atoms. The van der Waals surface area contributed by atoms with Gasteiger partial charge in [0.15, 0.2) is 5.96 Å². The Kier molecular flexibility index (Phi) is 9.29. The maximum absolute atomic E-state index is 6.18. The van der Waals surface area contributed by atoms with E-state index in [1.54, 1.807) is 25.5 Å². The summed E-state index contributed by atoms with van der Waals surface area (Å²) in [7, 11) is 3.48. The van der Waals surface area contributed by atoms with E-state index in [0.29, 0.717) is 23.5 Å². The fourth-order valence-electron chi connectivity index (χ4n) is 3.24. The fraction of sp³-hybridized carbons (Fsp3) is 0.500. The van der Waals surface area contributed by atoms with Gasteiger partial charge in [0.25, 0.3) is 0 Å². The quantitative estimate of drug-likeness (QED) is 0.316. The Morgan fingerprint density at radius 2 is 2.24 bits per heavy atom. The number of halogens is 2. The summed E-state index contributed by atoms with van der Waals surface area (Å²) < 4.78 is 5.49. The molecule has 1 atom stereocenters. The molecule has 1 unspecified atom stereocenters. The molecule has 0 amide bonds. The second-order valence-electron chi connectivity index (χ2n) is 7.15. The van der Waals surface area contributed by atoms with E-state index < -0.39 is 0 Å². The lowest BCUT2D eigenvalue weighted by atomic mass is 10.2. The van der Waals surface area contributed by atoms with Gasteiger partial charge in [-0.3, -0.25) is 4.99 Å². The van der Waals surface area contributed by atoms with E-state index in [4.69, 9.17) is 16.3 Å². The number of aromatic nitrogens is 1. The lowest BCUT2D eigenvalue weighted by Crippen LogP contribution is -2.44. The van der Waals surface area contributed by atoms with Crippen molar-refractivity contribution in [3.8, 4) is 5.75 Å². The fourth-order valence-corrected chi connectivity index (χ4v) is 4.24. The van der Waals surface area contributed by atoms with Crippen LogP contribution >= 0.6 is 46.9 Å². The van der Waals surface area contributed by atoms with Crippen LogP contribution in [0.1, 0.15) is 36.9 Å². The van der Waals surface area contributed by atoms with Crippen LogP contribution in [0.3, 0.4) is 0 Å². The van der Waals surface area contributed by atoms with E-state index in [0.717, 1.165) is 42.6 Å². The van der Waals surface area contributed by atoms with Crippen molar-refractivity contribution >= 4 is 58.6 Å². The SMILES string of the molecule is CN=C(NCc1csc(C(C)C)n1)NC1CCN(c2cc(Cl)ccc2OC)C1.I. The molecule has 1 aliphatic heterocycles. The third kappa shape index (κ3) is 6.36. The lowest BCUT2D eigenvalue weighted by Gasteiger charge is -2.22. The molecule has 1 aromatic heterocycles. The van der Waals surface area contributed by atoms with Crippen LogP contribution in [-0.4, -0.2) is 44.2 Å². The number of nitrogens with one attached hydrogen (secondary N) is 2. The van der Waals surface area contributed by atoms with Crippen molar-refractivity contribution in [2.45, 2.75) is 38.8 Å². The molecule has 0 aliphatic carbocycles. The van der Waals surface area contributed by atoms with Crippen LogP contribution < -0.4 is 20.3 Å². The van der Waals surface area contributed by atoms with Gasteiger partial charge in [-0.05, 0) is 24.6 Å². The van der Waals surface area contributed by atoms with Gasteiger partial charge in [-0.15, -0.1) is 35.3 Å². The topological polar surface area (TPSA) is 61.8 Å². The average molecular weight is 550 g/mol. The van der Waals surface area contributed by atoms with E-state index >= 15 is 0 Å². The summed E-state index contributed by atoms with van der Waals surface area (Å²) in [4.78, 5) is 11.3. The Balaban J connectivity index is 0.00000300. The number of guanidine groups is 1. The molecule has 9 heteroatoms. The minimum absolute atomic E-state index is 0. The van der Waals surface area contributed by atoms with Crippen molar-refractivity contribution in [2.75, 3.05) is 32.1 Å². The molecule has 160 valence electrons. The number of benzene rings is 1. The van der Waals surface area contributed by atoms with Gasteiger partial charge in [0.2, 0.25) is 0 Å². The summed E-state index contributed by atoms with van der Waals surface area (Å²) >= 11 is 7.90. The molecule has 0 spiro atoms. The van der Waals surface area contributed by atoms with E-state index in [2.05, 4.69) is 44.7 Å². The maximum atomic E-state index is 6.18. The molecule has 1 fully saturated rings. The van der Waals surface area contributed by atoms with E-state index in [9.17, 15) is 0 Å². The number of methoxy groups -OCH3 is 1. The third-order valence-electron chi connectivity index (χ3n) is 4.73. The smallest absolute Gasteiger partial charge is 0.191 e. The molecule has 1 aliphatic rings. The van der Waals surface area contributed by atoms with Crippen molar-refractivity contribution < 1.29 is 4.74 Å². The second kappa shape index (κ2) is 11.2. The van der Waals surface area contributed by atoms with Crippen LogP contribution in [0.15, 0.2) is 28.6 Å². The monoisotopic (exact) mass is 549 g/mol. The molecule has 6 nitrogen and oxygen atoms in total.